The van der Waals surface area contributed by atoms with Gasteiger partial charge in [0.2, 0.25) is 0 Å². The van der Waals surface area contributed by atoms with Crippen molar-refractivity contribution < 1.29 is 25.2 Å². The van der Waals surface area contributed by atoms with E-state index < -0.39 is 74.1 Å². The SMILES string of the molecule is CC(C)(C)[Si](C)(C)C(O)[C@H]1O[C@@H](n2cc(CCO)c(=O)[nH]c2=O)[C@@](O)([Si](C)(C)C(C)(C)C)[C@@]1(O)[Si](C)(C)C(C)(C)C. The van der Waals surface area contributed by atoms with Gasteiger partial charge in [0.15, 0.2) is 6.23 Å². The number of nitrogens with zero attached hydrogens (tertiary/aromatic N) is 1. The second-order valence-corrected chi connectivity index (χ2v) is 33.5. The number of aromatic nitrogens is 2. The second-order valence-electron chi connectivity index (χ2n) is 16.9. The molecule has 1 aliphatic rings. The molecule has 0 aromatic carbocycles. The summed E-state index contributed by atoms with van der Waals surface area (Å²) in [5, 5.41) is 43.9. The molecule has 2 heterocycles. The van der Waals surface area contributed by atoms with Crippen molar-refractivity contribution in [2.45, 2.75) is 152 Å². The van der Waals surface area contributed by atoms with Crippen LogP contribution in [0.4, 0.5) is 0 Å². The summed E-state index contributed by atoms with van der Waals surface area (Å²) in [5.41, 5.74) is -2.32. The predicted molar refractivity (Wildman–Crippen MR) is 174 cm³/mol. The molecule has 238 valence electrons. The van der Waals surface area contributed by atoms with E-state index in [1.165, 1.54) is 10.8 Å². The molecule has 0 bridgehead atoms. The van der Waals surface area contributed by atoms with Gasteiger partial charge in [-0.3, -0.25) is 14.3 Å². The molecule has 0 amide bonds. The molecule has 5 atom stereocenters. The van der Waals surface area contributed by atoms with E-state index in [1.54, 1.807) is 0 Å². The van der Waals surface area contributed by atoms with Crippen molar-refractivity contribution in [3.05, 3.63) is 32.6 Å². The molecular weight excluding hydrogens is 573 g/mol. The van der Waals surface area contributed by atoms with Crippen LogP contribution in [0.5, 0.6) is 0 Å². The summed E-state index contributed by atoms with van der Waals surface area (Å²) >= 11 is 0. The molecular formula is C29H58N2O7Si3. The Labute approximate surface area is 249 Å². The Morgan fingerprint density at radius 3 is 1.71 bits per heavy atom. The van der Waals surface area contributed by atoms with Crippen LogP contribution in [0.3, 0.4) is 0 Å². The summed E-state index contributed by atoms with van der Waals surface area (Å²) in [7, 11) is -8.80. The van der Waals surface area contributed by atoms with Crippen LogP contribution in [-0.2, 0) is 11.2 Å². The number of aromatic amines is 1. The van der Waals surface area contributed by atoms with E-state index in [2.05, 4.69) is 59.6 Å². The smallest absolute Gasteiger partial charge is 0.330 e. The minimum atomic E-state index is -3.11. The first-order chi connectivity index (χ1) is 18.0. The normalized spacial score (nSPS) is 27.8. The van der Waals surface area contributed by atoms with Gasteiger partial charge >= 0.3 is 5.69 Å². The van der Waals surface area contributed by atoms with Gasteiger partial charge in [0.05, 0.1) is 29.9 Å². The molecule has 0 aliphatic carbocycles. The fraction of sp³-hybridized carbons (Fsp3) is 0.862. The summed E-state index contributed by atoms with van der Waals surface area (Å²) < 4.78 is 7.96. The Bertz CT molecular complexity index is 1240. The number of nitrogens with one attached hydrogen (secondary N) is 1. The lowest BCUT2D eigenvalue weighted by Crippen LogP contribution is -2.83. The van der Waals surface area contributed by atoms with Crippen molar-refractivity contribution in [1.82, 2.24) is 9.55 Å². The van der Waals surface area contributed by atoms with Crippen molar-refractivity contribution >= 4 is 24.2 Å². The van der Waals surface area contributed by atoms with E-state index in [0.717, 1.165) is 0 Å². The maximum absolute atomic E-state index is 13.5. The Hall–Kier alpha value is -0.869. The largest absolute Gasteiger partial charge is 0.396 e. The molecule has 1 saturated heterocycles. The van der Waals surface area contributed by atoms with Crippen LogP contribution in [0.15, 0.2) is 15.8 Å². The highest BCUT2D eigenvalue weighted by Crippen LogP contribution is 2.63. The highest BCUT2D eigenvalue weighted by Gasteiger charge is 2.81. The zero-order valence-electron chi connectivity index (χ0n) is 28.2. The monoisotopic (exact) mass is 630 g/mol. The van der Waals surface area contributed by atoms with Crippen molar-refractivity contribution in [1.29, 1.82) is 0 Å². The van der Waals surface area contributed by atoms with Crippen LogP contribution in [0.25, 0.3) is 0 Å². The maximum atomic E-state index is 13.5. The molecule has 0 saturated carbocycles. The van der Waals surface area contributed by atoms with Gasteiger partial charge in [0.25, 0.3) is 5.56 Å². The summed E-state index contributed by atoms with van der Waals surface area (Å²) in [6, 6.07) is 0. The summed E-state index contributed by atoms with van der Waals surface area (Å²) in [6.07, 6.45) is -1.22. The molecule has 9 nitrogen and oxygen atoms in total. The first-order valence-electron chi connectivity index (χ1n) is 14.7. The van der Waals surface area contributed by atoms with Crippen LogP contribution in [0.2, 0.25) is 54.4 Å². The molecule has 1 unspecified atom stereocenters. The lowest BCUT2D eigenvalue weighted by Gasteiger charge is -2.62. The molecule has 0 radical (unpaired) electrons. The summed E-state index contributed by atoms with van der Waals surface area (Å²) in [4.78, 5) is 28.4. The van der Waals surface area contributed by atoms with Gasteiger partial charge in [-0.15, -0.1) is 0 Å². The fourth-order valence-corrected chi connectivity index (χ4v) is 16.1. The maximum Gasteiger partial charge on any atom is 0.330 e. The summed E-state index contributed by atoms with van der Waals surface area (Å²) in [6.45, 7) is 30.4. The standard InChI is InChI=1S/C29H58N2O7Si3/c1-25(2,3)39(10,11)22(34)20-28(36,40(12,13)26(4,5)6)29(37,41(14,15)27(7,8)9)23(38-20)31-18-19(16-17-32)21(33)30-24(31)35/h18,20,22-23,32,34,36-37H,16-17H2,1-15H3,(H,30,33,35)/t20-,22?,23-,28+,29-/m1/s1. The topological polar surface area (TPSA) is 145 Å². The fourth-order valence-electron chi connectivity index (χ4n) is 5.89. The van der Waals surface area contributed by atoms with Crippen LogP contribution in [-0.4, -0.2) is 83.1 Å². The third-order valence-electron chi connectivity index (χ3n) is 11.9. The number of aliphatic hydroxyl groups is 4. The first-order valence-corrected chi connectivity index (χ1v) is 23.8. The molecule has 2 rings (SSSR count). The van der Waals surface area contributed by atoms with Crippen molar-refractivity contribution in [3.63, 3.8) is 0 Å². The van der Waals surface area contributed by atoms with Gasteiger partial charge in [-0.25, -0.2) is 4.79 Å². The first kappa shape index (κ1) is 36.3. The van der Waals surface area contributed by atoms with Crippen LogP contribution in [0.1, 0.15) is 74.1 Å². The Morgan fingerprint density at radius 2 is 1.32 bits per heavy atom. The van der Waals surface area contributed by atoms with Crippen molar-refractivity contribution in [2.24, 2.45) is 0 Å². The predicted octanol–water partition coefficient (Wildman–Crippen LogP) is 3.94. The third kappa shape index (κ3) is 5.17. The number of rotatable bonds is 7. The van der Waals surface area contributed by atoms with Crippen LogP contribution < -0.4 is 11.2 Å². The quantitative estimate of drug-likeness (QED) is 0.287. The zero-order chi connectivity index (χ0) is 32.6. The van der Waals surface area contributed by atoms with E-state index in [9.17, 15) is 30.0 Å². The lowest BCUT2D eigenvalue weighted by molar-refractivity contribution is -0.0783. The second kappa shape index (κ2) is 10.6. The summed E-state index contributed by atoms with van der Waals surface area (Å²) in [5.74, 6) is 0. The molecule has 41 heavy (non-hydrogen) atoms. The Kier molecular flexibility index (Phi) is 9.42. The van der Waals surface area contributed by atoms with E-state index in [0.29, 0.717) is 0 Å². The van der Waals surface area contributed by atoms with Gasteiger partial charge < -0.3 is 25.2 Å². The lowest BCUT2D eigenvalue weighted by atomic mass is 10.1. The number of H-pyrrole nitrogens is 1. The minimum absolute atomic E-state index is 0.00335. The van der Waals surface area contributed by atoms with Gasteiger partial charge in [0, 0.05) is 24.8 Å². The Morgan fingerprint density at radius 1 is 0.878 bits per heavy atom. The van der Waals surface area contributed by atoms with E-state index in [1.807, 2.05) is 47.0 Å². The average Bonchev–Trinajstić information content (AvgIpc) is 3.02. The molecule has 1 aliphatic heterocycles. The highest BCUT2D eigenvalue weighted by molar-refractivity contribution is 6.90. The van der Waals surface area contributed by atoms with Crippen LogP contribution >= 0.6 is 0 Å². The molecule has 5 N–H and O–H groups in total. The van der Waals surface area contributed by atoms with E-state index in [-0.39, 0.29) is 23.6 Å². The minimum Gasteiger partial charge on any atom is -0.396 e. The van der Waals surface area contributed by atoms with Crippen molar-refractivity contribution in [2.75, 3.05) is 6.61 Å². The molecule has 12 heteroatoms. The van der Waals surface area contributed by atoms with E-state index in [4.69, 9.17) is 4.74 Å². The number of hydrogen-bond donors (Lipinski definition) is 5. The van der Waals surface area contributed by atoms with E-state index >= 15 is 0 Å². The zero-order valence-corrected chi connectivity index (χ0v) is 31.2. The van der Waals surface area contributed by atoms with Gasteiger partial charge in [0.1, 0.15) is 16.6 Å². The number of hydrogen-bond acceptors (Lipinski definition) is 7. The number of ether oxygens (including phenoxy) is 1. The molecule has 1 aromatic heterocycles. The van der Waals surface area contributed by atoms with Crippen molar-refractivity contribution in [3.8, 4) is 0 Å². The van der Waals surface area contributed by atoms with Gasteiger partial charge in [-0.05, 0) is 15.1 Å². The molecule has 0 spiro atoms. The van der Waals surface area contributed by atoms with Gasteiger partial charge in [-0.2, -0.15) is 0 Å². The molecule has 1 aromatic rings. The average molecular weight is 631 g/mol. The van der Waals surface area contributed by atoms with Gasteiger partial charge in [-0.1, -0.05) is 102 Å². The Balaban J connectivity index is 3.21. The molecule has 1 fully saturated rings. The van der Waals surface area contributed by atoms with Crippen LogP contribution in [0, 0.1) is 0 Å². The highest BCUT2D eigenvalue weighted by atomic mass is 28.3. The third-order valence-corrected chi connectivity index (χ3v) is 30.4. The number of aliphatic hydroxyl groups excluding tert-OH is 2.